The molecule has 2 aliphatic rings. The molecule has 1 aromatic heterocycles. The Morgan fingerprint density at radius 3 is 2.52 bits per heavy atom. The summed E-state index contributed by atoms with van der Waals surface area (Å²) in [6, 6.07) is 7.30. The molecule has 3 N–H and O–H groups in total. The molecule has 4 rings (SSSR count). The molecule has 2 aromatic rings. The first-order valence-electron chi connectivity index (χ1n) is 10.0. The average molecular weight is 415 g/mol. The Balaban J connectivity index is 1.40. The summed E-state index contributed by atoms with van der Waals surface area (Å²) in [6.07, 6.45) is 4.11. The van der Waals surface area contributed by atoms with Gasteiger partial charge >= 0.3 is 5.97 Å². The van der Waals surface area contributed by atoms with Crippen molar-refractivity contribution in [1.82, 2.24) is 0 Å². The molecule has 1 saturated carbocycles. The van der Waals surface area contributed by atoms with Crippen molar-refractivity contribution in [3.05, 3.63) is 46.3 Å². The minimum absolute atomic E-state index is 0.0645. The number of anilines is 2. The van der Waals surface area contributed by atoms with Crippen LogP contribution in [-0.2, 0) is 10.2 Å². The maximum atomic E-state index is 12.6. The second kappa shape index (κ2) is 8.16. The summed E-state index contributed by atoms with van der Waals surface area (Å²) >= 11 is 1.29. The number of carbonyl (C=O) groups is 2. The zero-order chi connectivity index (χ0) is 20.4. The highest BCUT2D eigenvalue weighted by molar-refractivity contribution is 7.15. The molecular weight excluding hydrogens is 388 g/mol. The standard InChI is InChI=1S/C22H26N2O4S/c1-22(8-9-22)17-13-29-20(18(17)21(26)27)24-19(25)15-2-4-16(5-3-15)23-12-14-6-10-28-11-7-14/h2-5,13-14,23H,6-12H2,1H3,(H,24,25)(H,26,27). The minimum atomic E-state index is -0.989. The molecule has 6 nitrogen and oxygen atoms in total. The predicted molar refractivity (Wildman–Crippen MR) is 114 cm³/mol. The van der Waals surface area contributed by atoms with Gasteiger partial charge < -0.3 is 20.5 Å². The number of carboxylic acid groups (broad SMARTS) is 1. The highest BCUT2D eigenvalue weighted by atomic mass is 32.1. The lowest BCUT2D eigenvalue weighted by molar-refractivity contribution is 0.0694. The summed E-state index contributed by atoms with van der Waals surface area (Å²) in [6.45, 7) is 4.62. The van der Waals surface area contributed by atoms with Crippen molar-refractivity contribution in [2.75, 3.05) is 30.4 Å². The molecule has 0 radical (unpaired) electrons. The molecule has 1 aliphatic carbocycles. The van der Waals surface area contributed by atoms with Crippen LogP contribution in [0.5, 0.6) is 0 Å². The van der Waals surface area contributed by atoms with E-state index in [4.69, 9.17) is 4.74 Å². The summed E-state index contributed by atoms with van der Waals surface area (Å²) < 4.78 is 5.38. The van der Waals surface area contributed by atoms with Gasteiger partial charge in [0.05, 0.1) is 5.56 Å². The number of ether oxygens (including phenoxy) is 1. The van der Waals surface area contributed by atoms with Gasteiger partial charge in [0.15, 0.2) is 0 Å². The van der Waals surface area contributed by atoms with E-state index < -0.39 is 5.97 Å². The second-order valence-corrected chi connectivity index (χ2v) is 9.07. The molecule has 1 saturated heterocycles. The smallest absolute Gasteiger partial charge is 0.339 e. The van der Waals surface area contributed by atoms with E-state index in [2.05, 4.69) is 17.6 Å². The zero-order valence-corrected chi connectivity index (χ0v) is 17.3. The van der Waals surface area contributed by atoms with Crippen molar-refractivity contribution in [3.8, 4) is 0 Å². The summed E-state index contributed by atoms with van der Waals surface area (Å²) in [7, 11) is 0. The highest BCUT2D eigenvalue weighted by Crippen LogP contribution is 2.51. The van der Waals surface area contributed by atoms with Gasteiger partial charge in [0.2, 0.25) is 0 Å². The van der Waals surface area contributed by atoms with E-state index in [1.807, 2.05) is 17.5 Å². The number of hydrogen-bond donors (Lipinski definition) is 3. The third-order valence-corrected chi connectivity index (χ3v) is 6.86. The van der Waals surface area contributed by atoms with Gasteiger partial charge in [-0.3, -0.25) is 4.79 Å². The molecule has 7 heteroatoms. The maximum Gasteiger partial charge on any atom is 0.339 e. The maximum absolute atomic E-state index is 12.6. The van der Waals surface area contributed by atoms with E-state index in [1.54, 1.807) is 12.1 Å². The van der Waals surface area contributed by atoms with E-state index in [1.165, 1.54) is 11.3 Å². The van der Waals surface area contributed by atoms with Crippen molar-refractivity contribution in [2.24, 2.45) is 5.92 Å². The number of aromatic carboxylic acids is 1. The van der Waals surface area contributed by atoms with Crippen LogP contribution in [0.25, 0.3) is 0 Å². The normalized spacial score (nSPS) is 18.2. The fourth-order valence-electron chi connectivity index (χ4n) is 3.69. The number of rotatable bonds is 7. The van der Waals surface area contributed by atoms with Crippen LogP contribution in [0, 0.1) is 5.92 Å². The Bertz CT molecular complexity index is 896. The van der Waals surface area contributed by atoms with Gasteiger partial charge in [-0.25, -0.2) is 4.79 Å². The monoisotopic (exact) mass is 414 g/mol. The lowest BCUT2D eigenvalue weighted by Crippen LogP contribution is -2.22. The molecule has 0 atom stereocenters. The molecule has 1 aromatic carbocycles. The first-order valence-corrected chi connectivity index (χ1v) is 10.9. The van der Waals surface area contributed by atoms with Gasteiger partial charge in [-0.2, -0.15) is 0 Å². The molecule has 0 spiro atoms. The van der Waals surface area contributed by atoms with Crippen molar-refractivity contribution in [3.63, 3.8) is 0 Å². The summed E-state index contributed by atoms with van der Waals surface area (Å²) in [5, 5.41) is 18.1. The highest BCUT2D eigenvalue weighted by Gasteiger charge is 2.43. The van der Waals surface area contributed by atoms with Crippen LogP contribution in [0.2, 0.25) is 0 Å². The van der Waals surface area contributed by atoms with E-state index in [0.29, 0.717) is 16.5 Å². The first kappa shape index (κ1) is 19.9. The lowest BCUT2D eigenvalue weighted by atomic mass is 9.97. The first-order chi connectivity index (χ1) is 14.0. The summed E-state index contributed by atoms with van der Waals surface area (Å²) in [4.78, 5) is 24.4. The molecule has 29 heavy (non-hydrogen) atoms. The number of thiophene rings is 1. The zero-order valence-electron chi connectivity index (χ0n) is 16.5. The molecular formula is C22H26N2O4S. The predicted octanol–water partition coefficient (Wildman–Crippen LogP) is 4.59. The van der Waals surface area contributed by atoms with Gasteiger partial charge in [-0.05, 0) is 72.2 Å². The topological polar surface area (TPSA) is 87.7 Å². The third-order valence-electron chi connectivity index (χ3n) is 5.97. The molecule has 0 bridgehead atoms. The number of carboxylic acids is 1. The van der Waals surface area contributed by atoms with Gasteiger partial charge in [0, 0.05) is 31.0 Å². The quantitative estimate of drug-likeness (QED) is 0.617. The van der Waals surface area contributed by atoms with Crippen molar-refractivity contribution < 1.29 is 19.4 Å². The molecule has 1 amide bonds. The van der Waals surface area contributed by atoms with Gasteiger partial charge in [-0.15, -0.1) is 11.3 Å². The molecule has 0 unspecified atom stereocenters. The SMILES string of the molecule is CC1(c2csc(NC(=O)c3ccc(NCC4CCOCC4)cc3)c2C(=O)O)CC1. The van der Waals surface area contributed by atoms with Crippen LogP contribution in [0.1, 0.15) is 58.9 Å². The Kier molecular flexibility index (Phi) is 5.61. The van der Waals surface area contributed by atoms with Crippen LogP contribution < -0.4 is 10.6 Å². The summed E-state index contributed by atoms with van der Waals surface area (Å²) in [5.74, 6) is -0.669. The van der Waals surface area contributed by atoms with Crippen molar-refractivity contribution in [1.29, 1.82) is 0 Å². The lowest BCUT2D eigenvalue weighted by Gasteiger charge is -2.22. The van der Waals surface area contributed by atoms with Crippen LogP contribution in [-0.4, -0.2) is 36.7 Å². The van der Waals surface area contributed by atoms with E-state index in [-0.39, 0.29) is 16.9 Å². The second-order valence-electron chi connectivity index (χ2n) is 8.19. The Morgan fingerprint density at radius 1 is 1.21 bits per heavy atom. The third kappa shape index (κ3) is 4.46. The number of amides is 1. The largest absolute Gasteiger partial charge is 0.478 e. The van der Waals surface area contributed by atoms with E-state index in [9.17, 15) is 14.7 Å². The van der Waals surface area contributed by atoms with Crippen LogP contribution >= 0.6 is 11.3 Å². The van der Waals surface area contributed by atoms with Gasteiger partial charge in [-0.1, -0.05) is 6.92 Å². The fraction of sp³-hybridized carbons (Fsp3) is 0.455. The Morgan fingerprint density at radius 2 is 1.90 bits per heavy atom. The summed E-state index contributed by atoms with van der Waals surface area (Å²) in [5.41, 5.74) is 2.48. The van der Waals surface area contributed by atoms with Crippen molar-refractivity contribution in [2.45, 2.75) is 38.0 Å². The molecule has 154 valence electrons. The van der Waals surface area contributed by atoms with Gasteiger partial charge in [0.1, 0.15) is 5.00 Å². The van der Waals surface area contributed by atoms with Gasteiger partial charge in [0.25, 0.3) is 5.91 Å². The van der Waals surface area contributed by atoms with E-state index in [0.717, 1.165) is 56.7 Å². The number of carbonyl (C=O) groups excluding carboxylic acids is 1. The van der Waals surface area contributed by atoms with Crippen LogP contribution in [0.4, 0.5) is 10.7 Å². The van der Waals surface area contributed by atoms with Crippen molar-refractivity contribution >= 4 is 33.9 Å². The van der Waals surface area contributed by atoms with Crippen LogP contribution in [0.15, 0.2) is 29.6 Å². The molecule has 2 fully saturated rings. The Hall–Kier alpha value is -2.38. The molecule has 2 heterocycles. The fourth-order valence-corrected chi connectivity index (χ4v) is 4.80. The average Bonchev–Trinajstić information content (AvgIpc) is 3.32. The Labute approximate surface area is 174 Å². The number of hydrogen-bond acceptors (Lipinski definition) is 5. The number of nitrogens with one attached hydrogen (secondary N) is 2. The molecule has 1 aliphatic heterocycles. The minimum Gasteiger partial charge on any atom is -0.478 e. The van der Waals surface area contributed by atoms with Crippen LogP contribution in [0.3, 0.4) is 0 Å². The van der Waals surface area contributed by atoms with E-state index >= 15 is 0 Å². The number of benzene rings is 1.